The van der Waals surface area contributed by atoms with Crippen LogP contribution in [0.4, 0.5) is 0 Å². The second-order valence-electron chi connectivity index (χ2n) is 1.99. The van der Waals surface area contributed by atoms with Crippen LogP contribution in [-0.2, 0) is 4.84 Å². The fourth-order valence-electron chi connectivity index (χ4n) is 0.622. The second kappa shape index (κ2) is 4.91. The van der Waals surface area contributed by atoms with Gasteiger partial charge >= 0.3 is 0 Å². The molecule has 0 aromatic carbocycles. The highest BCUT2D eigenvalue weighted by Crippen LogP contribution is 1.90. The molecule has 1 heterocycles. The van der Waals surface area contributed by atoms with E-state index in [1.165, 1.54) is 0 Å². The minimum Gasteiger partial charge on any atom is -0.383 e. The number of pyridine rings is 1. The lowest BCUT2D eigenvalue weighted by Crippen LogP contribution is -1.85. The molecular formula is C9H8N2O. The molecule has 12 heavy (non-hydrogen) atoms. The van der Waals surface area contributed by atoms with Crippen molar-refractivity contribution >= 4 is 6.21 Å². The molecule has 0 aliphatic rings. The maximum atomic E-state index is 4.95. The Morgan fingerprint density at radius 3 is 3.00 bits per heavy atom. The molecule has 0 bridgehead atoms. The Bertz CT molecular complexity index is 287. The molecule has 1 aromatic rings. The molecule has 3 nitrogen and oxygen atoms in total. The summed E-state index contributed by atoms with van der Waals surface area (Å²) in [6.45, 7) is 0.196. The van der Waals surface area contributed by atoms with E-state index in [1.807, 2.05) is 12.1 Å². The van der Waals surface area contributed by atoms with Gasteiger partial charge in [0, 0.05) is 12.4 Å². The molecule has 0 N–H and O–H groups in total. The Balaban J connectivity index is 2.43. The van der Waals surface area contributed by atoms with Gasteiger partial charge in [-0.3, -0.25) is 4.98 Å². The third-order valence-electron chi connectivity index (χ3n) is 1.13. The molecule has 1 rings (SSSR count). The van der Waals surface area contributed by atoms with Gasteiger partial charge in [-0.1, -0.05) is 11.1 Å². The van der Waals surface area contributed by atoms with Gasteiger partial charge in [0.1, 0.15) is 0 Å². The van der Waals surface area contributed by atoms with E-state index in [2.05, 4.69) is 16.1 Å². The first-order chi connectivity index (χ1) is 5.93. The van der Waals surface area contributed by atoms with Gasteiger partial charge < -0.3 is 4.84 Å². The van der Waals surface area contributed by atoms with Crippen molar-refractivity contribution in [2.75, 3.05) is 6.61 Å². The van der Waals surface area contributed by atoms with E-state index >= 15 is 0 Å². The van der Waals surface area contributed by atoms with E-state index in [0.717, 1.165) is 5.56 Å². The molecule has 60 valence electrons. The number of hydrogen-bond donors (Lipinski definition) is 0. The van der Waals surface area contributed by atoms with Crippen LogP contribution in [0.25, 0.3) is 0 Å². The molecule has 0 radical (unpaired) electrons. The van der Waals surface area contributed by atoms with E-state index in [-0.39, 0.29) is 6.61 Å². The summed E-state index contributed by atoms with van der Waals surface area (Å²) >= 11 is 0. The van der Waals surface area contributed by atoms with Crippen molar-refractivity contribution in [3.8, 4) is 12.3 Å². The topological polar surface area (TPSA) is 34.5 Å². The van der Waals surface area contributed by atoms with Crippen molar-refractivity contribution in [2.24, 2.45) is 5.16 Å². The first kappa shape index (κ1) is 8.28. The third-order valence-corrected chi connectivity index (χ3v) is 1.13. The standard InChI is InChI=1S/C9H8N2O/c1-2-7-12-11-8-9-3-5-10-6-4-9/h1,3-6,8H,7H2/b11-8-. The SMILES string of the molecule is C#CCO/N=C\c1ccncc1. The Hall–Kier alpha value is -1.82. The Labute approximate surface area is 71.1 Å². The highest BCUT2D eigenvalue weighted by atomic mass is 16.6. The van der Waals surface area contributed by atoms with Gasteiger partial charge in [-0.15, -0.1) is 6.42 Å². The summed E-state index contributed by atoms with van der Waals surface area (Å²) in [5.74, 6) is 2.31. The molecule has 0 saturated carbocycles. The molecular weight excluding hydrogens is 152 g/mol. The monoisotopic (exact) mass is 160 g/mol. The predicted octanol–water partition coefficient (Wildman–Crippen LogP) is 1.07. The summed E-state index contributed by atoms with van der Waals surface area (Å²) in [5, 5.41) is 3.64. The Kier molecular flexibility index (Phi) is 3.39. The van der Waals surface area contributed by atoms with Crippen LogP contribution in [0.15, 0.2) is 29.7 Å². The van der Waals surface area contributed by atoms with E-state index in [0.29, 0.717) is 0 Å². The predicted molar refractivity (Wildman–Crippen MR) is 46.6 cm³/mol. The minimum absolute atomic E-state index is 0.196. The summed E-state index contributed by atoms with van der Waals surface area (Å²) < 4.78 is 0. The molecule has 0 aliphatic heterocycles. The van der Waals surface area contributed by atoms with Gasteiger partial charge in [0.2, 0.25) is 0 Å². The van der Waals surface area contributed by atoms with Gasteiger partial charge in [0.25, 0.3) is 0 Å². The van der Waals surface area contributed by atoms with Crippen LogP contribution in [0.3, 0.4) is 0 Å². The van der Waals surface area contributed by atoms with Gasteiger partial charge in [0.05, 0.1) is 6.21 Å². The third kappa shape index (κ3) is 2.84. The average molecular weight is 160 g/mol. The second-order valence-corrected chi connectivity index (χ2v) is 1.99. The molecule has 0 aliphatic carbocycles. The van der Waals surface area contributed by atoms with Crippen molar-refractivity contribution in [3.05, 3.63) is 30.1 Å². The van der Waals surface area contributed by atoms with E-state index in [4.69, 9.17) is 11.3 Å². The fourth-order valence-corrected chi connectivity index (χ4v) is 0.622. The van der Waals surface area contributed by atoms with Crippen LogP contribution in [0.2, 0.25) is 0 Å². The molecule has 0 atom stereocenters. The van der Waals surface area contributed by atoms with Crippen LogP contribution < -0.4 is 0 Å². The van der Waals surface area contributed by atoms with Crippen molar-refractivity contribution < 1.29 is 4.84 Å². The zero-order valence-corrected chi connectivity index (χ0v) is 6.47. The first-order valence-corrected chi connectivity index (χ1v) is 3.42. The average Bonchev–Trinajstić information content (AvgIpc) is 2.14. The summed E-state index contributed by atoms with van der Waals surface area (Å²) in [7, 11) is 0. The number of rotatable bonds is 3. The highest BCUT2D eigenvalue weighted by molar-refractivity contribution is 5.78. The Morgan fingerprint density at radius 1 is 1.58 bits per heavy atom. The molecule has 0 amide bonds. The number of nitrogens with zero attached hydrogens (tertiary/aromatic N) is 2. The molecule has 0 fully saturated rings. The molecule has 1 aromatic heterocycles. The molecule has 0 unspecified atom stereocenters. The van der Waals surface area contributed by atoms with Gasteiger partial charge in [-0.25, -0.2) is 0 Å². The van der Waals surface area contributed by atoms with Crippen LogP contribution in [0.5, 0.6) is 0 Å². The fraction of sp³-hybridized carbons (Fsp3) is 0.111. The van der Waals surface area contributed by atoms with Crippen LogP contribution >= 0.6 is 0 Å². The number of hydrogen-bond acceptors (Lipinski definition) is 3. The van der Waals surface area contributed by atoms with Crippen molar-refractivity contribution in [1.82, 2.24) is 4.98 Å². The summed E-state index contributed by atoms with van der Waals surface area (Å²) in [5.41, 5.74) is 0.932. The first-order valence-electron chi connectivity index (χ1n) is 3.42. The van der Waals surface area contributed by atoms with Gasteiger partial charge in [0.15, 0.2) is 6.61 Å². The van der Waals surface area contributed by atoms with Crippen molar-refractivity contribution in [1.29, 1.82) is 0 Å². The van der Waals surface area contributed by atoms with E-state index < -0.39 is 0 Å². The summed E-state index contributed by atoms with van der Waals surface area (Å²) in [4.78, 5) is 8.55. The number of aromatic nitrogens is 1. The largest absolute Gasteiger partial charge is 0.383 e. The van der Waals surface area contributed by atoms with Crippen LogP contribution in [0, 0.1) is 12.3 Å². The van der Waals surface area contributed by atoms with E-state index in [9.17, 15) is 0 Å². The summed E-state index contributed by atoms with van der Waals surface area (Å²) in [6, 6.07) is 3.64. The Morgan fingerprint density at radius 2 is 2.33 bits per heavy atom. The lowest BCUT2D eigenvalue weighted by atomic mass is 10.3. The van der Waals surface area contributed by atoms with Crippen LogP contribution in [0.1, 0.15) is 5.56 Å². The lowest BCUT2D eigenvalue weighted by molar-refractivity contribution is 0.181. The summed E-state index contributed by atoms with van der Waals surface area (Å²) in [6.07, 6.45) is 9.90. The normalized spacial score (nSPS) is 9.58. The zero-order chi connectivity index (χ0) is 8.65. The smallest absolute Gasteiger partial charge is 0.177 e. The number of terminal acetylenes is 1. The zero-order valence-electron chi connectivity index (χ0n) is 6.47. The van der Waals surface area contributed by atoms with Gasteiger partial charge in [-0.2, -0.15) is 0 Å². The molecule has 3 heteroatoms. The quantitative estimate of drug-likeness (QED) is 0.287. The van der Waals surface area contributed by atoms with Crippen molar-refractivity contribution in [2.45, 2.75) is 0 Å². The van der Waals surface area contributed by atoms with Crippen molar-refractivity contribution in [3.63, 3.8) is 0 Å². The lowest BCUT2D eigenvalue weighted by Gasteiger charge is -1.90. The van der Waals surface area contributed by atoms with Crippen LogP contribution in [-0.4, -0.2) is 17.8 Å². The van der Waals surface area contributed by atoms with Gasteiger partial charge in [-0.05, 0) is 17.7 Å². The highest BCUT2D eigenvalue weighted by Gasteiger charge is 1.82. The molecule has 0 saturated heterocycles. The molecule has 0 spiro atoms. The maximum Gasteiger partial charge on any atom is 0.177 e. The van der Waals surface area contributed by atoms with E-state index in [1.54, 1.807) is 18.6 Å². The maximum absolute atomic E-state index is 4.95. The minimum atomic E-state index is 0.196. The number of oxime groups is 1.